The van der Waals surface area contributed by atoms with Crippen molar-refractivity contribution in [1.82, 2.24) is 15.0 Å². The number of para-hydroxylation sites is 1. The quantitative estimate of drug-likeness (QED) is 0.705. The van der Waals surface area contributed by atoms with Gasteiger partial charge in [0, 0.05) is 48.6 Å². The van der Waals surface area contributed by atoms with Crippen molar-refractivity contribution in [2.45, 2.75) is 6.54 Å². The third-order valence-corrected chi connectivity index (χ3v) is 4.87. The number of pyridine rings is 1. The van der Waals surface area contributed by atoms with Gasteiger partial charge >= 0.3 is 0 Å². The zero-order valence-electron chi connectivity index (χ0n) is 12.7. The molecule has 1 aliphatic rings. The Labute approximate surface area is 143 Å². The molecule has 1 fully saturated rings. The van der Waals surface area contributed by atoms with E-state index in [4.69, 9.17) is 9.51 Å². The van der Waals surface area contributed by atoms with Gasteiger partial charge in [-0.2, -0.15) is 0 Å². The van der Waals surface area contributed by atoms with Crippen molar-refractivity contribution in [3.05, 3.63) is 52.8 Å². The van der Waals surface area contributed by atoms with Gasteiger partial charge in [0.2, 0.25) is 0 Å². The maximum Gasteiger partial charge on any atom is 0.129 e. The van der Waals surface area contributed by atoms with Gasteiger partial charge in [0.25, 0.3) is 0 Å². The van der Waals surface area contributed by atoms with E-state index in [-0.39, 0.29) is 0 Å². The summed E-state index contributed by atoms with van der Waals surface area (Å²) in [6, 6.07) is 12.3. The Balaban J connectivity index is 1.47. The highest BCUT2D eigenvalue weighted by atomic mass is 79.9. The number of aromatic nitrogens is 2. The van der Waals surface area contributed by atoms with Crippen LogP contribution in [-0.2, 0) is 6.54 Å². The summed E-state index contributed by atoms with van der Waals surface area (Å²) in [4.78, 5) is 9.57. The van der Waals surface area contributed by atoms with Crippen LogP contribution >= 0.6 is 15.9 Å². The molecule has 23 heavy (non-hydrogen) atoms. The minimum atomic E-state index is 0.848. The summed E-state index contributed by atoms with van der Waals surface area (Å²) in [6.07, 6.45) is 1.63. The van der Waals surface area contributed by atoms with Gasteiger partial charge in [0.15, 0.2) is 0 Å². The van der Waals surface area contributed by atoms with Gasteiger partial charge in [-0.05, 0) is 34.1 Å². The van der Waals surface area contributed by atoms with Crippen LogP contribution in [0.1, 0.15) is 5.69 Å². The lowest BCUT2D eigenvalue weighted by Crippen LogP contribution is -2.46. The summed E-state index contributed by atoms with van der Waals surface area (Å²) in [7, 11) is 0. The number of halogens is 1. The van der Waals surface area contributed by atoms with E-state index in [0.29, 0.717) is 0 Å². The normalized spacial score (nSPS) is 16.1. The fraction of sp³-hybridized carbons (Fsp3) is 0.294. The van der Waals surface area contributed by atoms with Gasteiger partial charge in [0.1, 0.15) is 12.1 Å². The molecule has 4 rings (SSSR count). The predicted molar refractivity (Wildman–Crippen MR) is 93.4 cm³/mol. The van der Waals surface area contributed by atoms with Crippen molar-refractivity contribution in [3.8, 4) is 0 Å². The zero-order chi connectivity index (χ0) is 15.6. The van der Waals surface area contributed by atoms with Crippen LogP contribution in [0.15, 0.2) is 51.7 Å². The lowest BCUT2D eigenvalue weighted by atomic mass is 10.2. The summed E-state index contributed by atoms with van der Waals surface area (Å²) in [5.41, 5.74) is 2.02. The van der Waals surface area contributed by atoms with Crippen molar-refractivity contribution in [1.29, 1.82) is 0 Å². The SMILES string of the molecule is Brc1cccc2ccc(N3CCN(Cc4ccon4)CC3)nc12. The first-order valence-electron chi connectivity index (χ1n) is 7.71. The topological polar surface area (TPSA) is 45.4 Å². The van der Waals surface area contributed by atoms with Gasteiger partial charge in [-0.15, -0.1) is 0 Å². The fourth-order valence-corrected chi connectivity index (χ4v) is 3.43. The average Bonchev–Trinajstić information content (AvgIpc) is 3.09. The standard InChI is InChI=1S/C17H17BrN4O/c18-15-3-1-2-13-4-5-16(19-17(13)15)22-9-7-21(8-10-22)12-14-6-11-23-20-14/h1-6,11H,7-10,12H2. The minimum Gasteiger partial charge on any atom is -0.364 e. The summed E-state index contributed by atoms with van der Waals surface area (Å²) in [5.74, 6) is 1.05. The van der Waals surface area contributed by atoms with Gasteiger partial charge in [0.05, 0.1) is 11.2 Å². The van der Waals surface area contributed by atoms with E-state index >= 15 is 0 Å². The second kappa shape index (κ2) is 6.29. The van der Waals surface area contributed by atoms with Crippen LogP contribution in [0.25, 0.3) is 10.9 Å². The van der Waals surface area contributed by atoms with Crippen LogP contribution in [0.3, 0.4) is 0 Å². The Morgan fingerprint density at radius 2 is 1.91 bits per heavy atom. The predicted octanol–water partition coefficient (Wildman–Crippen LogP) is 3.31. The number of hydrogen-bond donors (Lipinski definition) is 0. The molecule has 1 aliphatic heterocycles. The number of piperazine rings is 1. The van der Waals surface area contributed by atoms with E-state index in [2.05, 4.69) is 49.1 Å². The van der Waals surface area contributed by atoms with Crippen molar-refractivity contribution in [3.63, 3.8) is 0 Å². The second-order valence-electron chi connectivity index (χ2n) is 5.73. The lowest BCUT2D eigenvalue weighted by Gasteiger charge is -2.35. The number of rotatable bonds is 3. The highest BCUT2D eigenvalue weighted by Gasteiger charge is 2.19. The van der Waals surface area contributed by atoms with E-state index in [0.717, 1.165) is 59.6 Å². The largest absolute Gasteiger partial charge is 0.364 e. The Kier molecular flexibility index (Phi) is 4.01. The van der Waals surface area contributed by atoms with Gasteiger partial charge in [-0.25, -0.2) is 4.98 Å². The molecule has 0 N–H and O–H groups in total. The molecule has 6 heteroatoms. The molecule has 0 amide bonds. The average molecular weight is 373 g/mol. The number of nitrogens with zero attached hydrogens (tertiary/aromatic N) is 4. The highest BCUT2D eigenvalue weighted by Crippen LogP contribution is 2.25. The second-order valence-corrected chi connectivity index (χ2v) is 6.59. The number of anilines is 1. The molecular formula is C17H17BrN4O. The van der Waals surface area contributed by atoms with Crippen molar-refractivity contribution < 1.29 is 4.52 Å². The monoisotopic (exact) mass is 372 g/mol. The molecule has 0 unspecified atom stereocenters. The first kappa shape index (κ1) is 14.7. The van der Waals surface area contributed by atoms with E-state index in [1.165, 1.54) is 0 Å². The van der Waals surface area contributed by atoms with Crippen molar-refractivity contribution in [2.24, 2.45) is 0 Å². The molecule has 3 heterocycles. The van der Waals surface area contributed by atoms with E-state index in [9.17, 15) is 0 Å². The Morgan fingerprint density at radius 1 is 1.04 bits per heavy atom. The summed E-state index contributed by atoms with van der Waals surface area (Å²) in [5, 5.41) is 5.14. The van der Waals surface area contributed by atoms with Crippen LogP contribution in [0, 0.1) is 0 Å². The number of benzene rings is 1. The zero-order valence-corrected chi connectivity index (χ0v) is 14.2. The van der Waals surface area contributed by atoms with E-state index in [1.54, 1.807) is 6.26 Å². The molecular weight excluding hydrogens is 356 g/mol. The Morgan fingerprint density at radius 3 is 2.70 bits per heavy atom. The van der Waals surface area contributed by atoms with Crippen molar-refractivity contribution >= 4 is 32.7 Å². The summed E-state index contributed by atoms with van der Waals surface area (Å²) in [6.45, 7) is 4.80. The first-order chi connectivity index (χ1) is 11.3. The van der Waals surface area contributed by atoms with Gasteiger partial charge in [-0.1, -0.05) is 17.3 Å². The van der Waals surface area contributed by atoms with Crippen molar-refractivity contribution in [2.75, 3.05) is 31.1 Å². The number of fused-ring (bicyclic) bond motifs is 1. The molecule has 0 saturated carbocycles. The maximum absolute atomic E-state index is 4.90. The van der Waals surface area contributed by atoms with Crippen LogP contribution in [0.5, 0.6) is 0 Å². The smallest absolute Gasteiger partial charge is 0.129 e. The van der Waals surface area contributed by atoms with Crippen LogP contribution in [0.4, 0.5) is 5.82 Å². The van der Waals surface area contributed by atoms with Gasteiger partial charge in [-0.3, -0.25) is 4.90 Å². The fourth-order valence-electron chi connectivity index (χ4n) is 2.96. The highest BCUT2D eigenvalue weighted by molar-refractivity contribution is 9.10. The first-order valence-corrected chi connectivity index (χ1v) is 8.51. The maximum atomic E-state index is 4.90. The molecule has 0 radical (unpaired) electrons. The minimum absolute atomic E-state index is 0.848. The van der Waals surface area contributed by atoms with E-state index in [1.807, 2.05) is 18.2 Å². The third-order valence-electron chi connectivity index (χ3n) is 4.23. The molecule has 5 nitrogen and oxygen atoms in total. The molecule has 0 spiro atoms. The molecule has 0 atom stereocenters. The molecule has 2 aromatic heterocycles. The Hall–Kier alpha value is -1.92. The molecule has 1 aromatic carbocycles. The molecule has 3 aromatic rings. The molecule has 0 bridgehead atoms. The van der Waals surface area contributed by atoms with E-state index < -0.39 is 0 Å². The molecule has 1 saturated heterocycles. The molecule has 0 aliphatic carbocycles. The lowest BCUT2D eigenvalue weighted by molar-refractivity contribution is 0.241. The number of hydrogen-bond acceptors (Lipinski definition) is 5. The van der Waals surface area contributed by atoms with Crippen LogP contribution in [0.2, 0.25) is 0 Å². The van der Waals surface area contributed by atoms with Crippen LogP contribution in [-0.4, -0.2) is 41.2 Å². The summed E-state index contributed by atoms with van der Waals surface area (Å²) >= 11 is 3.59. The van der Waals surface area contributed by atoms with Crippen LogP contribution < -0.4 is 4.90 Å². The third kappa shape index (κ3) is 3.09. The Bertz CT molecular complexity index is 797. The molecule has 118 valence electrons. The van der Waals surface area contributed by atoms with Gasteiger partial charge < -0.3 is 9.42 Å². The summed E-state index contributed by atoms with van der Waals surface area (Å²) < 4.78 is 5.94.